The van der Waals surface area contributed by atoms with E-state index in [-0.39, 0.29) is 35.1 Å². The third kappa shape index (κ3) is 6.34. The summed E-state index contributed by atoms with van der Waals surface area (Å²) in [6.45, 7) is 0.636. The maximum absolute atomic E-state index is 10.6. The van der Waals surface area contributed by atoms with E-state index < -0.39 is 5.97 Å². The van der Waals surface area contributed by atoms with Crippen LogP contribution in [0.2, 0.25) is 0 Å². The van der Waals surface area contributed by atoms with Crippen LogP contribution in [0.3, 0.4) is 0 Å². The van der Waals surface area contributed by atoms with Crippen molar-refractivity contribution in [3.8, 4) is 5.75 Å². The van der Waals surface area contributed by atoms with Crippen LogP contribution in [0.15, 0.2) is 54.6 Å². The minimum Gasteiger partial charge on any atom is -0.545 e. The SMILES string of the molecule is O=C([O-])c1ccc(OCCCCc2ccccc2)cc1.[Na+]. The molecule has 4 heteroatoms. The van der Waals surface area contributed by atoms with Crippen molar-refractivity contribution >= 4 is 5.97 Å². The van der Waals surface area contributed by atoms with E-state index in [1.165, 1.54) is 17.7 Å². The molecule has 0 aromatic heterocycles. The molecule has 104 valence electrons. The first-order valence-corrected chi connectivity index (χ1v) is 6.74. The molecule has 0 saturated heterocycles. The second-order valence-corrected chi connectivity index (χ2v) is 4.60. The molecule has 0 amide bonds. The summed E-state index contributed by atoms with van der Waals surface area (Å²) in [4.78, 5) is 10.6. The van der Waals surface area contributed by atoms with Crippen LogP contribution < -0.4 is 39.4 Å². The molecule has 0 aliphatic carbocycles. The molecule has 0 aliphatic heterocycles. The van der Waals surface area contributed by atoms with Gasteiger partial charge in [-0.3, -0.25) is 0 Å². The van der Waals surface area contributed by atoms with E-state index in [0.29, 0.717) is 12.4 Å². The molecule has 0 N–H and O–H groups in total. The Bertz CT molecular complexity index is 538. The molecule has 0 radical (unpaired) electrons. The van der Waals surface area contributed by atoms with E-state index in [9.17, 15) is 9.90 Å². The molecule has 2 aromatic carbocycles. The van der Waals surface area contributed by atoms with Gasteiger partial charge in [0.05, 0.1) is 12.6 Å². The van der Waals surface area contributed by atoms with Crippen molar-refractivity contribution in [1.29, 1.82) is 0 Å². The molecule has 0 fully saturated rings. The first kappa shape index (κ1) is 17.8. The number of hydrogen-bond donors (Lipinski definition) is 0. The van der Waals surface area contributed by atoms with Crippen molar-refractivity contribution in [2.24, 2.45) is 0 Å². The molecule has 3 nitrogen and oxygen atoms in total. The predicted octanol–water partition coefficient (Wildman–Crippen LogP) is -0.544. The van der Waals surface area contributed by atoms with Crippen molar-refractivity contribution < 1.29 is 44.2 Å². The Morgan fingerprint density at radius 2 is 1.62 bits per heavy atom. The molecular weight excluding hydrogens is 275 g/mol. The minimum atomic E-state index is -1.17. The van der Waals surface area contributed by atoms with E-state index in [1.807, 2.05) is 18.2 Å². The van der Waals surface area contributed by atoms with Crippen molar-refractivity contribution in [2.45, 2.75) is 19.3 Å². The Hall–Kier alpha value is -1.29. The van der Waals surface area contributed by atoms with Crippen LogP contribution >= 0.6 is 0 Å². The van der Waals surface area contributed by atoms with Crippen LogP contribution in [0.4, 0.5) is 0 Å². The van der Waals surface area contributed by atoms with E-state index in [1.54, 1.807) is 12.1 Å². The van der Waals surface area contributed by atoms with Crippen LogP contribution in [-0.4, -0.2) is 12.6 Å². The zero-order valence-corrected chi connectivity index (χ0v) is 14.2. The number of ether oxygens (including phenoxy) is 1. The second kappa shape index (κ2) is 9.61. The zero-order chi connectivity index (χ0) is 14.2. The summed E-state index contributed by atoms with van der Waals surface area (Å²) < 4.78 is 5.57. The first-order chi connectivity index (χ1) is 9.75. The number of hydrogen-bond acceptors (Lipinski definition) is 3. The third-order valence-electron chi connectivity index (χ3n) is 3.06. The van der Waals surface area contributed by atoms with Gasteiger partial charge in [-0.25, -0.2) is 0 Å². The van der Waals surface area contributed by atoms with Gasteiger partial charge >= 0.3 is 29.6 Å². The van der Waals surface area contributed by atoms with Crippen molar-refractivity contribution in [3.63, 3.8) is 0 Å². The standard InChI is InChI=1S/C17H18O3.Na/c18-17(19)15-9-11-16(12-10-15)20-13-5-4-8-14-6-2-1-3-7-14;/h1-3,6-7,9-12H,4-5,8,13H2,(H,18,19);/q;+1/p-1. The van der Waals surface area contributed by atoms with Gasteiger partial charge in [0.2, 0.25) is 0 Å². The number of unbranched alkanes of at least 4 members (excludes halogenated alkanes) is 1. The number of carbonyl (C=O) groups is 1. The molecule has 21 heavy (non-hydrogen) atoms. The van der Waals surface area contributed by atoms with Gasteiger partial charge in [0.25, 0.3) is 0 Å². The van der Waals surface area contributed by atoms with Gasteiger partial charge in [-0.2, -0.15) is 0 Å². The fourth-order valence-corrected chi connectivity index (χ4v) is 1.95. The van der Waals surface area contributed by atoms with E-state index in [0.717, 1.165) is 19.3 Å². The summed E-state index contributed by atoms with van der Waals surface area (Å²) in [5.41, 5.74) is 1.51. The van der Waals surface area contributed by atoms with Crippen LogP contribution in [0, 0.1) is 0 Å². The molecule has 2 aromatic rings. The average molecular weight is 292 g/mol. The van der Waals surface area contributed by atoms with Gasteiger partial charge in [0.1, 0.15) is 5.75 Å². The van der Waals surface area contributed by atoms with Gasteiger partial charge in [-0.1, -0.05) is 30.3 Å². The van der Waals surface area contributed by atoms with Crippen molar-refractivity contribution in [3.05, 3.63) is 65.7 Å². The fourth-order valence-electron chi connectivity index (χ4n) is 1.95. The average Bonchev–Trinajstić information content (AvgIpc) is 2.48. The summed E-state index contributed by atoms with van der Waals surface area (Å²) in [5.74, 6) is -0.478. The van der Waals surface area contributed by atoms with Crippen LogP contribution in [0.1, 0.15) is 28.8 Å². The summed E-state index contributed by atoms with van der Waals surface area (Å²) in [7, 11) is 0. The smallest absolute Gasteiger partial charge is 0.545 e. The maximum atomic E-state index is 10.6. The second-order valence-electron chi connectivity index (χ2n) is 4.60. The Kier molecular flexibility index (Phi) is 8.13. The molecule has 2 rings (SSSR count). The van der Waals surface area contributed by atoms with Crippen LogP contribution in [0.5, 0.6) is 5.75 Å². The topological polar surface area (TPSA) is 49.4 Å². The van der Waals surface area contributed by atoms with Gasteiger partial charge in [0.15, 0.2) is 0 Å². The monoisotopic (exact) mass is 292 g/mol. The Morgan fingerprint density at radius 1 is 0.952 bits per heavy atom. The van der Waals surface area contributed by atoms with E-state index in [4.69, 9.17) is 4.74 Å². The summed E-state index contributed by atoms with van der Waals surface area (Å²) in [6, 6.07) is 16.7. The first-order valence-electron chi connectivity index (χ1n) is 6.74. The van der Waals surface area contributed by atoms with Gasteiger partial charge in [-0.15, -0.1) is 0 Å². The molecule has 0 saturated carbocycles. The Balaban J connectivity index is 0.00000220. The largest absolute Gasteiger partial charge is 1.00 e. The van der Waals surface area contributed by atoms with Gasteiger partial charge < -0.3 is 14.6 Å². The zero-order valence-electron chi connectivity index (χ0n) is 12.2. The molecule has 0 atom stereocenters. The molecule has 0 aliphatic rings. The number of aromatic carboxylic acids is 1. The Labute approximate surface area is 147 Å². The summed E-state index contributed by atoms with van der Waals surface area (Å²) in [6.07, 6.45) is 3.09. The van der Waals surface area contributed by atoms with E-state index in [2.05, 4.69) is 12.1 Å². The summed E-state index contributed by atoms with van der Waals surface area (Å²) in [5, 5.41) is 10.6. The minimum absolute atomic E-state index is 0. The van der Waals surface area contributed by atoms with E-state index >= 15 is 0 Å². The fraction of sp³-hybridized carbons (Fsp3) is 0.235. The van der Waals surface area contributed by atoms with Crippen molar-refractivity contribution in [2.75, 3.05) is 6.61 Å². The molecule has 0 spiro atoms. The molecule has 0 bridgehead atoms. The number of carbonyl (C=O) groups excluding carboxylic acids is 1. The molecule has 0 heterocycles. The normalized spacial score (nSPS) is 9.71. The maximum Gasteiger partial charge on any atom is 1.00 e. The molecular formula is C17H17NaO3. The van der Waals surface area contributed by atoms with Gasteiger partial charge in [-0.05, 0) is 54.7 Å². The predicted molar refractivity (Wildman–Crippen MR) is 75.6 cm³/mol. The third-order valence-corrected chi connectivity index (χ3v) is 3.06. The molecule has 0 unspecified atom stereocenters. The van der Waals surface area contributed by atoms with Crippen LogP contribution in [-0.2, 0) is 6.42 Å². The number of rotatable bonds is 7. The van der Waals surface area contributed by atoms with Crippen molar-refractivity contribution in [1.82, 2.24) is 0 Å². The summed E-state index contributed by atoms with van der Waals surface area (Å²) >= 11 is 0. The number of carboxylic acid groups (broad SMARTS) is 1. The van der Waals surface area contributed by atoms with Gasteiger partial charge in [0, 0.05) is 0 Å². The number of carboxylic acids is 1. The Morgan fingerprint density at radius 3 is 2.24 bits per heavy atom. The number of benzene rings is 2. The number of aryl methyl sites for hydroxylation is 1. The van der Waals surface area contributed by atoms with Crippen LogP contribution in [0.25, 0.3) is 0 Å². The quantitative estimate of drug-likeness (QED) is 0.508.